The van der Waals surface area contributed by atoms with E-state index in [1.807, 2.05) is 0 Å². The standard InChI is InChI=1S/CH4N.BHN.Y/c2*1-2;/h2H,1H3;2H;/q2*-1;/i/hD. The fourth-order valence-electron chi connectivity index (χ4n) is 0. The van der Waals surface area contributed by atoms with Crippen LogP contribution in [0.25, 0.3) is 11.4 Å². The molecular formula is CH5BN2Y-2. The van der Waals surface area contributed by atoms with Gasteiger partial charge in [0.1, 0.15) is 0 Å². The van der Waals surface area contributed by atoms with Gasteiger partial charge in [0.05, 0.1) is 0 Å². The second kappa shape index (κ2) is 71.8. The third-order valence-electron chi connectivity index (χ3n) is 0. The van der Waals surface area contributed by atoms with Gasteiger partial charge in [-0.3, -0.25) is 0 Å². The van der Waals surface area contributed by atoms with Gasteiger partial charge in [-0.25, -0.2) is 0 Å². The van der Waals surface area contributed by atoms with Crippen LogP contribution >= 0.6 is 0 Å². The van der Waals surface area contributed by atoms with Crippen LogP contribution in [-0.2, 0) is 32.7 Å². The molecule has 0 unspecified atom stereocenters. The third-order valence-corrected chi connectivity index (χ3v) is 0. The van der Waals surface area contributed by atoms with Crippen LogP contribution in [-0.4, -0.2) is 15.0 Å². The normalized spacial score (nSPS) is 4.80. The fourth-order valence-corrected chi connectivity index (χ4v) is 0. The third kappa shape index (κ3) is 41.0. The van der Waals surface area contributed by atoms with Gasteiger partial charge in [0.15, 0.2) is 0 Å². The molecule has 0 aliphatic heterocycles. The van der Waals surface area contributed by atoms with Gasteiger partial charge in [-0.15, -0.1) is 7.98 Å². The molecule has 0 aromatic carbocycles. The van der Waals surface area contributed by atoms with Crippen molar-refractivity contribution in [3.63, 3.8) is 0 Å². The second-order valence-corrected chi connectivity index (χ2v) is 0. The van der Waals surface area contributed by atoms with Gasteiger partial charge in [-0.2, -0.15) is 8.46 Å². The van der Waals surface area contributed by atoms with Crippen LogP contribution in [0.2, 0.25) is 1.41 Å². The van der Waals surface area contributed by atoms with Gasteiger partial charge < -0.3 is 11.4 Å². The zero-order valence-corrected chi connectivity index (χ0v) is 5.94. The summed E-state index contributed by atoms with van der Waals surface area (Å²) in [4.78, 5) is 0. The first-order valence-corrected chi connectivity index (χ1v) is 0.736. The average Bonchev–Trinajstić information content (AvgIpc) is 1.46. The molecule has 0 fully saturated rings. The predicted molar refractivity (Wildman–Crippen MR) is 20.3 cm³/mol. The number of hydrogen-bond acceptors (Lipinski definition) is 0. The molecule has 4 heteroatoms. The minimum atomic E-state index is 0. The molecule has 0 amide bonds. The Morgan fingerprint density at radius 2 is 1.80 bits per heavy atom. The molecule has 5 heavy (non-hydrogen) atoms. The molecule has 3 radical (unpaired) electrons. The van der Waals surface area contributed by atoms with Crippen molar-refractivity contribution in [3.8, 4) is 0 Å². The fraction of sp³-hybridized carbons (Fsp3) is 1.00. The summed E-state index contributed by atoms with van der Waals surface area (Å²) in [7, 11) is 5.17. The smallest absolute Gasteiger partial charge is 0 e. The Kier molecular flexibility index (Phi) is 135. The maximum absolute atomic E-state index is 5.83. The van der Waals surface area contributed by atoms with Gasteiger partial charge in [-0.1, -0.05) is 0 Å². The van der Waals surface area contributed by atoms with E-state index in [-0.39, 0.29) is 32.7 Å². The van der Waals surface area contributed by atoms with Crippen LogP contribution in [0, 0.1) is 0 Å². The van der Waals surface area contributed by atoms with Crippen LogP contribution in [0.15, 0.2) is 0 Å². The summed E-state index contributed by atoms with van der Waals surface area (Å²) < 4.78 is 5.83. The molecule has 0 aromatic rings. The minimum absolute atomic E-state index is 0. The molecule has 0 aromatic heterocycles. The molecule has 0 heterocycles. The zero-order chi connectivity index (χ0) is 4.71. The summed E-state index contributed by atoms with van der Waals surface area (Å²) in [6.45, 7) is 0. The molecule has 0 aliphatic rings. The molecule has 0 saturated heterocycles. The van der Waals surface area contributed by atoms with Crippen molar-refractivity contribution in [2.24, 2.45) is 0 Å². The Hall–Kier alpha value is 1.09. The van der Waals surface area contributed by atoms with E-state index in [9.17, 15) is 0 Å². The summed E-state index contributed by atoms with van der Waals surface area (Å²) in [6.07, 6.45) is 0. The molecule has 0 atom stereocenters. The van der Waals surface area contributed by atoms with Crippen LogP contribution < -0.4 is 0 Å². The van der Waals surface area contributed by atoms with Crippen LogP contribution in [0.4, 0.5) is 0 Å². The van der Waals surface area contributed by atoms with Gasteiger partial charge >= 0.3 is 0 Å². The Balaban J connectivity index is -0.0000000275. The Bertz CT molecular complexity index is 13.5. The monoisotopic (exact) mass is 146 g/mol. The molecule has 27 valence electrons. The summed E-state index contributed by atoms with van der Waals surface area (Å²) in [5, 5.41) is 0. The summed E-state index contributed by atoms with van der Waals surface area (Å²) in [5.41, 5.74) is 8.00. The van der Waals surface area contributed by atoms with Crippen molar-refractivity contribution >= 4 is 7.98 Å². The molecule has 0 saturated carbocycles. The Morgan fingerprint density at radius 1 is 1.80 bits per heavy atom. The van der Waals surface area contributed by atoms with Crippen LogP contribution in [0.5, 0.6) is 0 Å². The average molecular weight is 146 g/mol. The van der Waals surface area contributed by atoms with E-state index in [0.29, 0.717) is 0 Å². The summed E-state index contributed by atoms with van der Waals surface area (Å²) in [5.74, 6) is 0. The van der Waals surface area contributed by atoms with E-state index in [1.165, 1.54) is 7.05 Å². The van der Waals surface area contributed by atoms with Crippen LogP contribution in [0.3, 0.4) is 0 Å². The minimum Gasteiger partial charge on any atom is -0.716 e. The first kappa shape index (κ1) is 9.43. The van der Waals surface area contributed by atoms with E-state index in [4.69, 9.17) is 7.06 Å². The summed E-state index contributed by atoms with van der Waals surface area (Å²) in [6, 6.07) is 0. The first-order valence-electron chi connectivity index (χ1n) is 1.18. The van der Waals surface area contributed by atoms with Crippen LogP contribution in [0.1, 0.15) is 0 Å². The van der Waals surface area contributed by atoms with Gasteiger partial charge in [-0.05, 0) is 0 Å². The molecule has 2 N–H and O–H groups in total. The van der Waals surface area contributed by atoms with E-state index >= 15 is 0 Å². The molecular weight excluding hydrogens is 140 g/mol. The number of rotatable bonds is 0. The van der Waals surface area contributed by atoms with Crippen molar-refractivity contribution in [1.82, 2.24) is 0 Å². The Labute approximate surface area is 60.4 Å². The van der Waals surface area contributed by atoms with E-state index in [0.717, 1.165) is 0 Å². The van der Waals surface area contributed by atoms with Gasteiger partial charge in [0.2, 0.25) is 0 Å². The molecule has 0 rings (SSSR count). The topological polar surface area (TPSA) is 47.6 Å². The predicted octanol–water partition coefficient (Wildman–Crippen LogP) is 0.788. The Morgan fingerprint density at radius 3 is 1.80 bits per heavy atom. The quantitative estimate of drug-likeness (QED) is 0.453. The van der Waals surface area contributed by atoms with Gasteiger partial charge in [0.25, 0.3) is 0 Å². The number of nitrogens with one attached hydrogen (secondary N) is 2. The van der Waals surface area contributed by atoms with Gasteiger partial charge in [0, 0.05) is 32.7 Å². The molecule has 0 aliphatic carbocycles. The van der Waals surface area contributed by atoms with Crippen molar-refractivity contribution in [2.45, 2.75) is 0 Å². The van der Waals surface area contributed by atoms with Crippen molar-refractivity contribution in [3.05, 3.63) is 11.4 Å². The second-order valence-electron chi connectivity index (χ2n) is 0. The molecule has 0 bridgehead atoms. The maximum atomic E-state index is 5.83. The van der Waals surface area contributed by atoms with E-state index in [1.54, 1.807) is 0 Å². The molecule has 0 spiro atoms. The first-order chi connectivity index (χ1) is 2.41. The van der Waals surface area contributed by atoms with E-state index < -0.39 is 0 Å². The number of hydrogen-bond donors (Lipinski definition) is 0. The van der Waals surface area contributed by atoms with Crippen molar-refractivity contribution < 1.29 is 34.1 Å². The largest absolute Gasteiger partial charge is 0.716 e. The molecule has 2 nitrogen and oxygen atoms in total. The van der Waals surface area contributed by atoms with Crippen molar-refractivity contribution in [2.75, 3.05) is 7.05 Å². The zero-order valence-electron chi connectivity index (χ0n) is 4.10. The van der Waals surface area contributed by atoms with Crippen molar-refractivity contribution in [1.29, 1.82) is 0 Å². The van der Waals surface area contributed by atoms with E-state index in [2.05, 4.69) is 13.7 Å². The maximum Gasteiger partial charge on any atom is 0 e. The SMILES string of the molecule is [2H][N-]C.[B][NH-].[Y]. The summed E-state index contributed by atoms with van der Waals surface area (Å²) >= 11 is 0.